The molecule has 5 heteroatoms. The van der Waals surface area contributed by atoms with E-state index in [1.54, 1.807) is 35.6 Å². The normalized spacial score (nSPS) is 15.0. The second-order valence-electron chi connectivity index (χ2n) is 6.07. The van der Waals surface area contributed by atoms with Gasteiger partial charge in [0.15, 0.2) is 5.60 Å². The van der Waals surface area contributed by atoms with Crippen LogP contribution in [0, 0.1) is 0 Å². The minimum absolute atomic E-state index is 0.0814. The van der Waals surface area contributed by atoms with Gasteiger partial charge in [-0.1, -0.05) is 49.4 Å². The summed E-state index contributed by atoms with van der Waals surface area (Å²) in [5.74, 6) is -0.320. The fourth-order valence-electron chi connectivity index (χ4n) is 2.50. The van der Waals surface area contributed by atoms with Crippen LogP contribution in [-0.4, -0.2) is 22.5 Å². The van der Waals surface area contributed by atoms with Gasteiger partial charge in [0.1, 0.15) is 0 Å². The Bertz CT molecular complexity index is 810. The number of aliphatic hydroxyl groups is 1. The van der Waals surface area contributed by atoms with E-state index in [4.69, 9.17) is 0 Å². The molecule has 2 atom stereocenters. The van der Waals surface area contributed by atoms with Gasteiger partial charge in [-0.05, 0) is 24.6 Å². The molecule has 1 aromatic heterocycles. The lowest BCUT2D eigenvalue weighted by Gasteiger charge is -2.23. The van der Waals surface area contributed by atoms with Crippen molar-refractivity contribution < 1.29 is 9.90 Å². The summed E-state index contributed by atoms with van der Waals surface area (Å²) >= 11 is 1.64. The summed E-state index contributed by atoms with van der Waals surface area (Å²) in [6.07, 6.45) is 0. The molecule has 0 radical (unpaired) electrons. The van der Waals surface area contributed by atoms with Crippen LogP contribution in [0.3, 0.4) is 0 Å². The molecule has 1 amide bonds. The van der Waals surface area contributed by atoms with Crippen molar-refractivity contribution in [2.75, 3.05) is 6.54 Å². The Morgan fingerprint density at radius 3 is 2.58 bits per heavy atom. The van der Waals surface area contributed by atoms with Gasteiger partial charge in [-0.15, -0.1) is 11.3 Å². The molecule has 3 rings (SSSR count). The highest BCUT2D eigenvalue weighted by molar-refractivity contribution is 7.18. The number of nitrogens with one attached hydrogen (secondary N) is 1. The Labute approximate surface area is 145 Å². The van der Waals surface area contributed by atoms with Gasteiger partial charge >= 0.3 is 0 Å². The summed E-state index contributed by atoms with van der Waals surface area (Å²) in [6.45, 7) is 3.97. The van der Waals surface area contributed by atoms with Crippen molar-refractivity contribution in [3.8, 4) is 0 Å². The third-order valence-electron chi connectivity index (χ3n) is 4.08. The molecule has 1 heterocycles. The summed E-state index contributed by atoms with van der Waals surface area (Å²) in [5.41, 5.74) is 0.0104. The van der Waals surface area contributed by atoms with Crippen LogP contribution >= 0.6 is 11.3 Å². The number of fused-ring (bicyclic) bond motifs is 1. The van der Waals surface area contributed by atoms with Crippen LogP contribution in [0.5, 0.6) is 0 Å². The molecule has 2 aromatic carbocycles. The third kappa shape index (κ3) is 3.32. The van der Waals surface area contributed by atoms with Gasteiger partial charge in [0.2, 0.25) is 0 Å². The molecular weight excluding hydrogens is 320 g/mol. The van der Waals surface area contributed by atoms with E-state index < -0.39 is 11.5 Å². The molecule has 0 saturated heterocycles. The molecule has 0 saturated carbocycles. The topological polar surface area (TPSA) is 62.2 Å². The van der Waals surface area contributed by atoms with E-state index in [2.05, 4.69) is 10.3 Å². The molecule has 0 bridgehead atoms. The van der Waals surface area contributed by atoms with Crippen molar-refractivity contribution in [1.82, 2.24) is 10.3 Å². The monoisotopic (exact) mass is 340 g/mol. The number of nitrogens with zero attached hydrogens (tertiary/aromatic N) is 1. The average Bonchev–Trinajstić information content (AvgIpc) is 3.04. The van der Waals surface area contributed by atoms with Gasteiger partial charge in [0.25, 0.3) is 5.91 Å². The van der Waals surface area contributed by atoms with E-state index in [9.17, 15) is 9.90 Å². The second-order valence-corrected chi connectivity index (χ2v) is 7.13. The number of hydrogen-bond donors (Lipinski definition) is 2. The fourth-order valence-corrected chi connectivity index (χ4v) is 3.52. The number of para-hydroxylation sites is 1. The maximum atomic E-state index is 12.4. The molecule has 4 nitrogen and oxygen atoms in total. The van der Waals surface area contributed by atoms with E-state index in [0.717, 1.165) is 15.2 Å². The summed E-state index contributed by atoms with van der Waals surface area (Å²) < 4.78 is 1.14. The Morgan fingerprint density at radius 2 is 1.88 bits per heavy atom. The first-order chi connectivity index (χ1) is 11.5. The van der Waals surface area contributed by atoms with Gasteiger partial charge in [-0.3, -0.25) is 4.79 Å². The van der Waals surface area contributed by atoms with Crippen LogP contribution < -0.4 is 5.32 Å². The average molecular weight is 340 g/mol. The minimum atomic E-state index is -1.55. The molecule has 0 aliphatic carbocycles. The molecule has 124 valence electrons. The van der Waals surface area contributed by atoms with Crippen LogP contribution in [-0.2, 0) is 10.4 Å². The molecule has 2 N–H and O–H groups in total. The zero-order valence-corrected chi connectivity index (χ0v) is 14.5. The van der Waals surface area contributed by atoms with Crippen LogP contribution in [0.2, 0.25) is 0 Å². The summed E-state index contributed by atoms with van der Waals surface area (Å²) in [5, 5.41) is 14.4. The zero-order chi connectivity index (χ0) is 17.2. The van der Waals surface area contributed by atoms with Crippen molar-refractivity contribution in [2.24, 2.45) is 0 Å². The second kappa shape index (κ2) is 6.71. The minimum Gasteiger partial charge on any atom is -0.376 e. The summed E-state index contributed by atoms with van der Waals surface area (Å²) in [6, 6.07) is 17.0. The van der Waals surface area contributed by atoms with E-state index >= 15 is 0 Å². The number of rotatable bonds is 5. The van der Waals surface area contributed by atoms with Gasteiger partial charge in [-0.2, -0.15) is 0 Å². The van der Waals surface area contributed by atoms with E-state index in [-0.39, 0.29) is 5.92 Å². The smallest absolute Gasteiger partial charge is 0.256 e. The van der Waals surface area contributed by atoms with Gasteiger partial charge in [-0.25, -0.2) is 4.98 Å². The first-order valence-electron chi connectivity index (χ1n) is 7.90. The fraction of sp³-hybridized carbons (Fsp3) is 0.263. The highest BCUT2D eigenvalue weighted by atomic mass is 32.1. The molecule has 0 fully saturated rings. The van der Waals surface area contributed by atoms with E-state index in [1.807, 2.05) is 37.3 Å². The van der Waals surface area contributed by atoms with Crippen molar-refractivity contribution in [2.45, 2.75) is 25.4 Å². The first-order valence-corrected chi connectivity index (χ1v) is 8.72. The van der Waals surface area contributed by atoms with Crippen molar-refractivity contribution in [3.05, 3.63) is 65.2 Å². The van der Waals surface area contributed by atoms with Gasteiger partial charge in [0, 0.05) is 12.5 Å². The van der Waals surface area contributed by atoms with Crippen LogP contribution in [0.15, 0.2) is 54.6 Å². The SMILES string of the molecule is CC(CNC(=O)[C@@](C)(O)c1ccccc1)c1nc2ccccc2s1. The number of benzene rings is 2. The molecule has 1 unspecified atom stereocenters. The highest BCUT2D eigenvalue weighted by Gasteiger charge is 2.32. The Morgan fingerprint density at radius 1 is 1.21 bits per heavy atom. The molecule has 3 aromatic rings. The van der Waals surface area contributed by atoms with E-state index in [1.165, 1.54) is 6.92 Å². The standard InChI is InChI=1S/C19H20N2O2S/c1-13(17-21-15-10-6-7-11-16(15)24-17)12-20-18(22)19(2,23)14-8-4-3-5-9-14/h3-11,13,23H,12H2,1-2H3,(H,20,22)/t13?,19-/m0/s1. The number of aromatic nitrogens is 1. The Kier molecular flexibility index (Phi) is 4.64. The molecule has 0 aliphatic rings. The van der Waals surface area contributed by atoms with Crippen LogP contribution in [0.1, 0.15) is 30.3 Å². The largest absolute Gasteiger partial charge is 0.376 e. The summed E-state index contributed by atoms with van der Waals surface area (Å²) in [7, 11) is 0. The number of amides is 1. The Hall–Kier alpha value is -2.24. The molecule has 24 heavy (non-hydrogen) atoms. The van der Waals surface area contributed by atoms with Crippen molar-refractivity contribution in [3.63, 3.8) is 0 Å². The first kappa shape index (κ1) is 16.6. The lowest BCUT2D eigenvalue weighted by molar-refractivity contribution is -0.139. The number of hydrogen-bond acceptors (Lipinski definition) is 4. The summed E-state index contributed by atoms with van der Waals surface area (Å²) in [4.78, 5) is 17.0. The molecule has 0 aliphatic heterocycles. The maximum absolute atomic E-state index is 12.4. The lowest BCUT2D eigenvalue weighted by atomic mass is 9.95. The highest BCUT2D eigenvalue weighted by Crippen LogP contribution is 2.27. The molecular formula is C19H20N2O2S. The Balaban J connectivity index is 1.67. The van der Waals surface area contributed by atoms with Crippen molar-refractivity contribution >= 4 is 27.5 Å². The maximum Gasteiger partial charge on any atom is 0.256 e. The third-order valence-corrected chi connectivity index (χ3v) is 5.35. The van der Waals surface area contributed by atoms with Crippen LogP contribution in [0.25, 0.3) is 10.2 Å². The number of carbonyl (C=O) groups is 1. The molecule has 0 spiro atoms. The lowest BCUT2D eigenvalue weighted by Crippen LogP contribution is -2.43. The predicted molar refractivity (Wildman–Crippen MR) is 97.1 cm³/mol. The number of carbonyl (C=O) groups excluding carboxylic acids is 1. The van der Waals surface area contributed by atoms with Crippen LogP contribution in [0.4, 0.5) is 0 Å². The van der Waals surface area contributed by atoms with Crippen molar-refractivity contribution in [1.29, 1.82) is 0 Å². The van der Waals surface area contributed by atoms with E-state index in [0.29, 0.717) is 12.1 Å². The quantitative estimate of drug-likeness (QED) is 0.748. The van der Waals surface area contributed by atoms with Gasteiger partial charge in [0.05, 0.1) is 15.2 Å². The zero-order valence-electron chi connectivity index (χ0n) is 13.7. The number of thiazole rings is 1. The van der Waals surface area contributed by atoms with Gasteiger partial charge < -0.3 is 10.4 Å². The predicted octanol–water partition coefficient (Wildman–Crippen LogP) is 3.42.